The monoisotopic (exact) mass is 693 g/mol. The van der Waals surface area contributed by atoms with Crippen LogP contribution in [0, 0.1) is 0 Å². The van der Waals surface area contributed by atoms with E-state index in [0.29, 0.717) is 31.1 Å². The van der Waals surface area contributed by atoms with E-state index in [-0.39, 0.29) is 21.5 Å². The number of Topliss-reactive ketones (excluding diaryl/α,β-unsaturated/α-hetero) is 1. The molecule has 7 rings (SSSR count). The smallest absolute Gasteiger partial charge is 0.263 e. The van der Waals surface area contributed by atoms with Crippen LogP contribution >= 0.6 is 11.3 Å². The Hall–Kier alpha value is -4.88. The van der Waals surface area contributed by atoms with Crippen molar-refractivity contribution in [2.24, 2.45) is 0 Å². The number of morpholine rings is 1. The molecule has 4 heterocycles. The van der Waals surface area contributed by atoms with E-state index in [4.69, 9.17) is 9.72 Å². The summed E-state index contributed by atoms with van der Waals surface area (Å²) in [6, 6.07) is 24.8. The molecule has 1 aliphatic heterocycles. The number of carbonyl (C=O) groups is 2. The largest absolute Gasteiger partial charge is 0.379 e. The van der Waals surface area contributed by atoms with E-state index in [1.807, 2.05) is 73.8 Å². The Labute approximate surface area is 288 Å². The summed E-state index contributed by atoms with van der Waals surface area (Å²) in [4.78, 5) is 35.9. The number of nitrogens with zero attached hydrogens (tertiary/aromatic N) is 2. The number of amides is 1. The van der Waals surface area contributed by atoms with E-state index >= 15 is 0 Å². The van der Waals surface area contributed by atoms with Crippen molar-refractivity contribution in [2.75, 3.05) is 44.6 Å². The van der Waals surface area contributed by atoms with E-state index in [2.05, 4.69) is 19.9 Å². The molecule has 1 amide bonds. The normalized spacial score (nSPS) is 14.6. The average molecular weight is 694 g/mol. The first-order chi connectivity index (χ1) is 23.7. The molecule has 3 N–H and O–H groups in total. The Balaban J connectivity index is 1.27. The van der Waals surface area contributed by atoms with Crippen molar-refractivity contribution in [3.63, 3.8) is 0 Å². The number of thiophene rings is 1. The molecule has 0 aliphatic carbocycles. The minimum atomic E-state index is -4.06. The number of hydrogen-bond acceptors (Lipinski definition) is 8. The molecule has 10 nitrogen and oxygen atoms in total. The van der Waals surface area contributed by atoms with E-state index < -0.39 is 15.9 Å². The summed E-state index contributed by atoms with van der Waals surface area (Å²) in [7, 11) is -2.59. The molecular formula is C37H35N5O5S2. The number of benzene rings is 3. The molecule has 0 radical (unpaired) electrons. The highest BCUT2D eigenvalue weighted by atomic mass is 32.2. The SMILES string of the molecule is CNC(=O)c1sccc1S(=O)(=O)Nc1ccc2[nH]c3ncc(-c4ccc(C(C)C(=O)CN5CCOCC5)cc4)c(-c4ccccc4)c3c2c1. The fourth-order valence-corrected chi connectivity index (χ4v) is 8.72. The number of fused-ring (bicyclic) bond motifs is 3. The molecule has 250 valence electrons. The first kappa shape index (κ1) is 32.7. The van der Waals surface area contributed by atoms with Crippen molar-refractivity contribution >= 4 is 60.7 Å². The summed E-state index contributed by atoms with van der Waals surface area (Å²) in [5, 5.41) is 5.72. The molecular weight excluding hydrogens is 659 g/mol. The quantitative estimate of drug-likeness (QED) is 0.154. The molecule has 3 aromatic heterocycles. The van der Waals surface area contributed by atoms with Gasteiger partial charge in [0.15, 0.2) is 5.78 Å². The minimum Gasteiger partial charge on any atom is -0.379 e. The van der Waals surface area contributed by atoms with Gasteiger partial charge in [-0.1, -0.05) is 61.5 Å². The molecule has 1 atom stereocenters. The van der Waals surface area contributed by atoms with Gasteiger partial charge in [0.1, 0.15) is 15.4 Å². The highest BCUT2D eigenvalue weighted by Crippen LogP contribution is 2.41. The van der Waals surface area contributed by atoms with Gasteiger partial charge in [-0.2, -0.15) is 0 Å². The minimum absolute atomic E-state index is 0.0784. The maximum Gasteiger partial charge on any atom is 0.263 e. The number of carbonyl (C=O) groups excluding carboxylic acids is 2. The molecule has 1 fully saturated rings. The maximum absolute atomic E-state index is 13.5. The summed E-state index contributed by atoms with van der Waals surface area (Å²) in [6.07, 6.45) is 1.85. The Kier molecular flexibility index (Phi) is 9.03. The van der Waals surface area contributed by atoms with Crippen LogP contribution in [0.3, 0.4) is 0 Å². The third-order valence-electron chi connectivity index (χ3n) is 8.98. The Bertz CT molecular complexity index is 2280. The van der Waals surface area contributed by atoms with Gasteiger partial charge in [0.2, 0.25) is 0 Å². The van der Waals surface area contributed by atoms with Gasteiger partial charge >= 0.3 is 0 Å². The van der Waals surface area contributed by atoms with Gasteiger partial charge in [0.05, 0.1) is 19.8 Å². The van der Waals surface area contributed by atoms with Gasteiger partial charge in [0, 0.05) is 65.4 Å². The van der Waals surface area contributed by atoms with Gasteiger partial charge in [-0.25, -0.2) is 13.4 Å². The lowest BCUT2D eigenvalue weighted by atomic mass is 9.90. The van der Waals surface area contributed by atoms with Crippen LogP contribution in [0.15, 0.2) is 95.3 Å². The van der Waals surface area contributed by atoms with Gasteiger partial charge in [-0.05, 0) is 46.3 Å². The van der Waals surface area contributed by atoms with Crippen LogP contribution in [0.1, 0.15) is 28.1 Å². The second kappa shape index (κ2) is 13.6. The van der Waals surface area contributed by atoms with Gasteiger partial charge in [-0.3, -0.25) is 19.2 Å². The van der Waals surface area contributed by atoms with Crippen molar-refractivity contribution in [1.82, 2.24) is 20.2 Å². The summed E-state index contributed by atoms with van der Waals surface area (Å²) in [5.41, 5.74) is 6.52. The summed E-state index contributed by atoms with van der Waals surface area (Å²) < 4.78 is 35.0. The second-order valence-corrected chi connectivity index (χ2v) is 14.6. The number of rotatable bonds is 10. The number of sulfonamides is 1. The first-order valence-electron chi connectivity index (χ1n) is 16.0. The number of ketones is 1. The zero-order chi connectivity index (χ0) is 34.1. The lowest BCUT2D eigenvalue weighted by molar-refractivity contribution is -0.122. The molecule has 0 saturated carbocycles. The lowest BCUT2D eigenvalue weighted by Crippen LogP contribution is -2.40. The summed E-state index contributed by atoms with van der Waals surface area (Å²) >= 11 is 1.07. The molecule has 1 saturated heterocycles. The standard InChI is InChI=1S/C37H35N5O5S2/c1-23(31(43)22-42-15-17-47-18-16-42)24-8-10-25(11-9-24)29-21-39-36-34(33(29)26-6-4-3-5-7-26)28-20-27(12-13-30(28)40-36)41-49(45,46)32-14-19-48-35(32)37(44)38-2/h3-14,19-21,23,41H,15-18,22H2,1-2H3,(H,38,44)(H,39,40). The van der Waals surface area contributed by atoms with Crippen molar-refractivity contribution in [3.8, 4) is 22.3 Å². The van der Waals surface area contributed by atoms with Crippen LogP contribution in [0.2, 0.25) is 0 Å². The number of hydrogen-bond donors (Lipinski definition) is 3. The number of nitrogens with one attached hydrogen (secondary N) is 3. The third-order valence-corrected chi connectivity index (χ3v) is 11.4. The number of H-pyrrole nitrogens is 1. The van der Waals surface area contributed by atoms with Crippen LogP contribution in [0.25, 0.3) is 44.2 Å². The fraction of sp³-hybridized carbons (Fsp3) is 0.216. The molecule has 0 spiro atoms. The third kappa shape index (κ3) is 6.47. The molecule has 0 bridgehead atoms. The first-order valence-corrected chi connectivity index (χ1v) is 18.3. The van der Waals surface area contributed by atoms with Crippen molar-refractivity contribution in [1.29, 1.82) is 0 Å². The zero-order valence-electron chi connectivity index (χ0n) is 27.0. The zero-order valence-corrected chi connectivity index (χ0v) is 28.7. The molecule has 12 heteroatoms. The summed E-state index contributed by atoms with van der Waals surface area (Å²) in [6.45, 7) is 5.21. The highest BCUT2D eigenvalue weighted by molar-refractivity contribution is 7.93. The van der Waals surface area contributed by atoms with E-state index in [0.717, 1.165) is 68.5 Å². The maximum atomic E-state index is 13.5. The fourth-order valence-electron chi connectivity index (χ4n) is 6.30. The highest BCUT2D eigenvalue weighted by Gasteiger charge is 2.25. The number of anilines is 1. The number of aromatic nitrogens is 2. The molecule has 6 aromatic rings. The van der Waals surface area contributed by atoms with Crippen LogP contribution in [0.5, 0.6) is 0 Å². The topological polar surface area (TPSA) is 133 Å². The number of ether oxygens (including phenoxy) is 1. The van der Waals surface area contributed by atoms with Crippen molar-refractivity contribution in [3.05, 3.63) is 101 Å². The van der Waals surface area contributed by atoms with E-state index in [1.54, 1.807) is 17.5 Å². The van der Waals surface area contributed by atoms with Crippen LogP contribution in [-0.2, 0) is 19.6 Å². The number of pyridine rings is 1. The lowest BCUT2D eigenvalue weighted by Gasteiger charge is -2.27. The van der Waals surface area contributed by atoms with Crippen molar-refractivity contribution in [2.45, 2.75) is 17.7 Å². The molecule has 49 heavy (non-hydrogen) atoms. The van der Waals surface area contributed by atoms with E-state index in [1.165, 1.54) is 13.1 Å². The van der Waals surface area contributed by atoms with Crippen LogP contribution in [-0.4, -0.2) is 74.9 Å². The van der Waals surface area contributed by atoms with Crippen LogP contribution < -0.4 is 10.0 Å². The Morgan fingerprint density at radius 3 is 2.49 bits per heavy atom. The molecule has 1 aliphatic rings. The van der Waals surface area contributed by atoms with Gasteiger partial charge in [-0.15, -0.1) is 11.3 Å². The number of aromatic amines is 1. The van der Waals surface area contributed by atoms with Crippen LogP contribution in [0.4, 0.5) is 5.69 Å². The van der Waals surface area contributed by atoms with Crippen molar-refractivity contribution < 1.29 is 22.7 Å². The average Bonchev–Trinajstić information content (AvgIpc) is 3.77. The van der Waals surface area contributed by atoms with Gasteiger partial charge in [0.25, 0.3) is 15.9 Å². The predicted molar refractivity (Wildman–Crippen MR) is 194 cm³/mol. The second-order valence-electron chi connectivity index (χ2n) is 12.0. The molecule has 1 unspecified atom stereocenters. The Morgan fingerprint density at radius 2 is 1.76 bits per heavy atom. The Morgan fingerprint density at radius 1 is 1.00 bits per heavy atom. The van der Waals surface area contributed by atoms with Gasteiger partial charge < -0.3 is 15.0 Å². The molecule has 3 aromatic carbocycles. The predicted octanol–water partition coefficient (Wildman–Crippen LogP) is 6.28. The van der Waals surface area contributed by atoms with E-state index in [9.17, 15) is 18.0 Å². The summed E-state index contributed by atoms with van der Waals surface area (Å²) in [5.74, 6) is -0.532.